The van der Waals surface area contributed by atoms with Crippen molar-refractivity contribution in [2.45, 2.75) is 20.3 Å². The summed E-state index contributed by atoms with van der Waals surface area (Å²) in [4.78, 5) is 3.69. The SMILES string of the molecule is CC(C)/C(=C\C(=N)OCCCOc1cc(F)ccc1-c1cc(N)ncc1F)CS. The fraction of sp³-hybridized carbons (Fsp3) is 0.333. The smallest absolute Gasteiger partial charge is 0.205 e. The van der Waals surface area contributed by atoms with E-state index in [0.29, 0.717) is 17.7 Å². The second-order valence-electron chi connectivity index (χ2n) is 6.68. The molecule has 5 nitrogen and oxygen atoms in total. The van der Waals surface area contributed by atoms with Crippen molar-refractivity contribution in [2.75, 3.05) is 24.7 Å². The zero-order valence-electron chi connectivity index (χ0n) is 16.4. The maximum atomic E-state index is 14.1. The average molecular weight is 422 g/mol. The third-order valence-corrected chi connectivity index (χ3v) is 4.52. The first-order chi connectivity index (χ1) is 13.8. The summed E-state index contributed by atoms with van der Waals surface area (Å²) >= 11 is 4.25. The molecule has 3 N–H and O–H groups in total. The maximum absolute atomic E-state index is 14.1. The molecule has 0 unspecified atom stereocenters. The number of halogens is 2. The molecule has 0 saturated heterocycles. The molecule has 0 aliphatic carbocycles. The van der Waals surface area contributed by atoms with Gasteiger partial charge in [0, 0.05) is 29.4 Å². The predicted octanol–water partition coefficient (Wildman–Crippen LogP) is 4.88. The van der Waals surface area contributed by atoms with E-state index in [2.05, 4.69) is 17.6 Å². The Bertz CT molecular complexity index is 888. The first-order valence-electron chi connectivity index (χ1n) is 9.18. The lowest BCUT2D eigenvalue weighted by molar-refractivity contribution is 0.240. The number of nitrogens with zero attached hydrogens (tertiary/aromatic N) is 1. The number of anilines is 1. The molecule has 0 saturated carbocycles. The molecule has 1 aromatic carbocycles. The summed E-state index contributed by atoms with van der Waals surface area (Å²) in [6.45, 7) is 4.52. The number of aromatic nitrogens is 1. The topological polar surface area (TPSA) is 81.2 Å². The lowest BCUT2D eigenvalue weighted by Crippen LogP contribution is -2.09. The zero-order valence-corrected chi connectivity index (χ0v) is 17.3. The summed E-state index contributed by atoms with van der Waals surface area (Å²) in [5.41, 5.74) is 7.21. The molecule has 0 aliphatic heterocycles. The highest BCUT2D eigenvalue weighted by molar-refractivity contribution is 7.80. The second-order valence-corrected chi connectivity index (χ2v) is 6.99. The van der Waals surface area contributed by atoms with E-state index in [1.807, 2.05) is 13.8 Å². The van der Waals surface area contributed by atoms with Gasteiger partial charge >= 0.3 is 0 Å². The third-order valence-electron chi connectivity index (χ3n) is 4.15. The van der Waals surface area contributed by atoms with Gasteiger partial charge in [-0.05, 0) is 30.2 Å². The second kappa shape index (κ2) is 10.8. The van der Waals surface area contributed by atoms with E-state index in [1.54, 1.807) is 6.08 Å². The number of thiol groups is 1. The van der Waals surface area contributed by atoms with Gasteiger partial charge in [-0.15, -0.1) is 0 Å². The first-order valence-corrected chi connectivity index (χ1v) is 9.81. The normalized spacial score (nSPS) is 11.6. The van der Waals surface area contributed by atoms with Crippen LogP contribution in [0.2, 0.25) is 0 Å². The Labute approximate surface area is 174 Å². The van der Waals surface area contributed by atoms with E-state index in [-0.39, 0.29) is 42.2 Å². The van der Waals surface area contributed by atoms with Crippen molar-refractivity contribution in [1.82, 2.24) is 4.98 Å². The summed E-state index contributed by atoms with van der Waals surface area (Å²) in [6.07, 6.45) is 3.14. The Balaban J connectivity index is 1.97. The van der Waals surface area contributed by atoms with Crippen molar-refractivity contribution in [2.24, 2.45) is 5.92 Å². The molecular formula is C21H25F2N3O2S. The van der Waals surface area contributed by atoms with Gasteiger partial charge in [0.2, 0.25) is 5.90 Å². The minimum atomic E-state index is -0.579. The molecule has 0 fully saturated rings. The number of hydrogen-bond donors (Lipinski definition) is 3. The van der Waals surface area contributed by atoms with Gasteiger partial charge in [-0.1, -0.05) is 19.4 Å². The van der Waals surface area contributed by atoms with Gasteiger partial charge < -0.3 is 15.2 Å². The van der Waals surface area contributed by atoms with Crippen LogP contribution in [-0.4, -0.2) is 29.8 Å². The summed E-state index contributed by atoms with van der Waals surface area (Å²) in [7, 11) is 0. The van der Waals surface area contributed by atoms with E-state index in [9.17, 15) is 8.78 Å². The molecule has 8 heteroatoms. The number of ether oxygens (including phenoxy) is 2. The van der Waals surface area contributed by atoms with E-state index >= 15 is 0 Å². The minimum Gasteiger partial charge on any atom is -0.493 e. The van der Waals surface area contributed by atoms with Crippen molar-refractivity contribution in [1.29, 1.82) is 5.41 Å². The van der Waals surface area contributed by atoms with E-state index in [4.69, 9.17) is 20.6 Å². The van der Waals surface area contributed by atoms with Crippen LogP contribution in [0.1, 0.15) is 20.3 Å². The molecule has 29 heavy (non-hydrogen) atoms. The third kappa shape index (κ3) is 6.74. The molecule has 0 bridgehead atoms. The Kier molecular flexibility index (Phi) is 8.45. The molecule has 2 aromatic rings. The van der Waals surface area contributed by atoms with Crippen LogP contribution in [0.25, 0.3) is 11.1 Å². The highest BCUT2D eigenvalue weighted by Gasteiger charge is 2.13. The molecule has 0 radical (unpaired) electrons. The molecule has 0 amide bonds. The standard InChI is InChI=1S/C21H25F2N3O2S/c1-13(2)14(12-29)8-21(25)28-7-3-6-27-19-9-15(22)4-5-16(19)17-10-20(24)26-11-18(17)23/h4-5,8-11,13,25,29H,3,6-7,12H2,1-2H3,(H2,24,26)/b14-8-,25-21?. The van der Waals surface area contributed by atoms with E-state index in [0.717, 1.165) is 11.8 Å². The minimum absolute atomic E-state index is 0.0588. The molecular weight excluding hydrogens is 396 g/mol. The number of hydrogen-bond acceptors (Lipinski definition) is 6. The average Bonchev–Trinajstić information content (AvgIpc) is 2.67. The fourth-order valence-corrected chi connectivity index (χ4v) is 2.98. The fourth-order valence-electron chi connectivity index (χ4n) is 2.53. The summed E-state index contributed by atoms with van der Waals surface area (Å²) in [6, 6.07) is 5.23. The zero-order chi connectivity index (χ0) is 21.4. The molecule has 0 spiro atoms. The Morgan fingerprint density at radius 3 is 2.69 bits per heavy atom. The van der Waals surface area contributed by atoms with Crippen LogP contribution >= 0.6 is 12.6 Å². The van der Waals surface area contributed by atoms with Crippen LogP contribution in [0.4, 0.5) is 14.6 Å². The lowest BCUT2D eigenvalue weighted by atomic mass is 10.0. The quantitative estimate of drug-likeness (QED) is 0.233. The number of rotatable bonds is 9. The summed E-state index contributed by atoms with van der Waals surface area (Å²) in [5, 5.41) is 7.85. The maximum Gasteiger partial charge on any atom is 0.205 e. The predicted molar refractivity (Wildman–Crippen MR) is 115 cm³/mol. The van der Waals surface area contributed by atoms with Crippen LogP contribution in [0.5, 0.6) is 5.75 Å². The van der Waals surface area contributed by atoms with E-state index < -0.39 is 11.6 Å². The van der Waals surface area contributed by atoms with Crippen molar-refractivity contribution in [3.05, 3.63) is 53.7 Å². The van der Waals surface area contributed by atoms with E-state index in [1.165, 1.54) is 24.3 Å². The monoisotopic (exact) mass is 421 g/mol. The first kappa shape index (κ1) is 22.7. The molecule has 0 aliphatic rings. The molecule has 1 heterocycles. The van der Waals surface area contributed by atoms with Gasteiger partial charge in [-0.2, -0.15) is 12.6 Å². The van der Waals surface area contributed by atoms with Crippen molar-refractivity contribution >= 4 is 24.3 Å². The van der Waals surface area contributed by atoms with Gasteiger partial charge in [0.15, 0.2) is 0 Å². The Morgan fingerprint density at radius 1 is 1.24 bits per heavy atom. The summed E-state index contributed by atoms with van der Waals surface area (Å²) < 4.78 is 38.8. The Morgan fingerprint density at radius 2 is 2.00 bits per heavy atom. The summed E-state index contributed by atoms with van der Waals surface area (Å²) in [5.74, 6) is 0.176. The number of pyridine rings is 1. The van der Waals surface area contributed by atoms with Crippen molar-refractivity contribution in [3.8, 4) is 16.9 Å². The molecule has 1 aromatic heterocycles. The highest BCUT2D eigenvalue weighted by atomic mass is 32.1. The van der Waals surface area contributed by atoms with Crippen molar-refractivity contribution < 1.29 is 18.3 Å². The van der Waals surface area contributed by atoms with Crippen molar-refractivity contribution in [3.63, 3.8) is 0 Å². The molecule has 156 valence electrons. The van der Waals surface area contributed by atoms with Crippen LogP contribution in [0.15, 0.2) is 42.1 Å². The number of nitrogens with two attached hydrogens (primary N) is 1. The van der Waals surface area contributed by atoms with Gasteiger partial charge in [-0.25, -0.2) is 13.8 Å². The van der Waals surface area contributed by atoms with Crippen LogP contribution < -0.4 is 10.5 Å². The number of nitrogens with one attached hydrogen (secondary N) is 1. The number of nitrogen functional groups attached to an aromatic ring is 1. The number of benzene rings is 1. The largest absolute Gasteiger partial charge is 0.493 e. The molecule has 2 rings (SSSR count). The van der Waals surface area contributed by atoms with Gasteiger partial charge in [0.05, 0.1) is 19.4 Å². The van der Waals surface area contributed by atoms with Crippen LogP contribution in [-0.2, 0) is 4.74 Å². The highest BCUT2D eigenvalue weighted by Crippen LogP contribution is 2.33. The molecule has 0 atom stereocenters. The van der Waals surface area contributed by atoms with Gasteiger partial charge in [0.1, 0.15) is 23.2 Å². The van der Waals surface area contributed by atoms with Crippen LogP contribution in [0.3, 0.4) is 0 Å². The van der Waals surface area contributed by atoms with Gasteiger partial charge in [-0.3, -0.25) is 5.41 Å². The Hall–Kier alpha value is -2.61. The van der Waals surface area contributed by atoms with Crippen LogP contribution in [0, 0.1) is 23.0 Å². The van der Waals surface area contributed by atoms with Gasteiger partial charge in [0.25, 0.3) is 0 Å². The lowest BCUT2D eigenvalue weighted by Gasteiger charge is -2.13.